The Hall–Kier alpha value is -0.0551. The summed E-state index contributed by atoms with van der Waals surface area (Å²) in [6.45, 7) is 58.4. The molecule has 3 saturated heterocycles. The molecule has 0 aromatic heterocycles. The molecule has 648 valence electrons. The van der Waals surface area contributed by atoms with Crippen molar-refractivity contribution in [1.82, 2.24) is 14.7 Å². The maximum Gasteiger partial charge on any atom is 0.156 e. The fourth-order valence-electron chi connectivity index (χ4n) is 38.0. The van der Waals surface area contributed by atoms with E-state index in [0.29, 0.717) is 37.9 Å². The number of fused-ring (bicyclic) bond motifs is 7. The summed E-state index contributed by atoms with van der Waals surface area (Å²) in [5, 5.41) is 0. The Morgan fingerprint density at radius 3 is 0.956 bits per heavy atom. The van der Waals surface area contributed by atoms with Crippen LogP contribution in [0.2, 0.25) is 17.5 Å². The Labute approximate surface area is 709 Å². The summed E-state index contributed by atoms with van der Waals surface area (Å²) in [5.41, 5.74) is 2.69. The lowest BCUT2D eigenvalue weighted by Crippen LogP contribution is -2.77. The molecule has 18 aliphatic rings. The predicted molar refractivity (Wildman–Crippen MR) is 488 cm³/mol. The van der Waals surface area contributed by atoms with Crippen LogP contribution in [-0.4, -0.2) is 75.8 Å². The highest BCUT2D eigenvalue weighted by molar-refractivity contribution is 6.65. The third kappa shape index (κ3) is 15.8. The number of nitrogens with zero attached hydrogens (tertiary/aromatic N) is 3. The first-order chi connectivity index (χ1) is 53.9. The lowest BCUT2D eigenvalue weighted by Gasteiger charge is -2.73. The van der Waals surface area contributed by atoms with Crippen LogP contribution in [0.4, 0.5) is 0 Å². The molecule has 15 saturated carbocycles. The van der Waals surface area contributed by atoms with E-state index in [1.54, 1.807) is 161 Å². The average molecular weight is 1570 g/mol. The van der Waals surface area contributed by atoms with E-state index in [9.17, 15) is 0 Å². The SMILES string of the molecule is CC(C)(C)C1CC2CCC3CC(C(C)(C)C)CC4C(C5CCC6C(C5)B5C7CCC(N8C9CCC(C(C)(C)C)CC9C9CC(C(C)(C)C)CCC98)CC7N(C7C(C8CCCCC8)CC(C(C)(C)C)CC7C7CCCCC7)C7CC(C(C)(C)C)CC(C57)N6C5C(C6CCCCC6)CC(C(C)(C)C)CC5C5CCCCC5)CC(C1)C2C34. The molecule has 18 fully saturated rings. The van der Waals surface area contributed by atoms with Crippen LogP contribution in [0, 0.1) is 186 Å². The van der Waals surface area contributed by atoms with Crippen molar-refractivity contribution >= 4 is 6.71 Å². The van der Waals surface area contributed by atoms with Gasteiger partial charge < -0.3 is 0 Å². The Morgan fingerprint density at radius 1 is 0.193 bits per heavy atom. The number of likely N-dealkylation sites (tertiary alicyclic amines) is 1. The summed E-state index contributed by atoms with van der Waals surface area (Å²) in [5.74, 6) is 25.7. The molecule has 3 heterocycles. The fraction of sp³-hybridized carbons (Fsp3) is 1.00. The molecule has 0 N–H and O–H groups in total. The standard InChI is InChI=1S/C110H190BN3/c1-104(2,3)75-45-50-93-88(57-75)89-58-76(105(4,5)6)46-51-94(89)112(93)82-47-48-91-96(66-82)114(103-86(69-38-30-24-31-39-69)61-80(109(16,17)18)62-87(103)70-40-32-25-33-41-70)98-65-81(110(19,20)21)64-97-101(98)111(91)92-56-71(83-55-74-54-77(106(7,8)9)52-72-42-43-73-53-78(107(10,11)12)63-90(83)100(73)99(72)74)44-49-95(92)113(97)102-84(67-34-26-22-27-35-67)59-79(108(13,14)15)60-85(102)68-36-28-23-29-37-68/h67-103H,22-66H2,1-21H3. The highest BCUT2D eigenvalue weighted by atomic mass is 15.3. The van der Waals surface area contributed by atoms with Crippen molar-refractivity contribution in [3.63, 3.8) is 0 Å². The minimum absolute atomic E-state index is 0.297. The molecule has 18 rings (SSSR count). The van der Waals surface area contributed by atoms with Gasteiger partial charge in [0.25, 0.3) is 0 Å². The van der Waals surface area contributed by atoms with Crippen molar-refractivity contribution in [2.45, 2.75) is 506 Å². The summed E-state index contributed by atoms with van der Waals surface area (Å²) in [4.78, 5) is 11.6. The molecule has 0 spiro atoms. The molecule has 0 aromatic rings. The first kappa shape index (κ1) is 84.8. The lowest BCUT2D eigenvalue weighted by atomic mass is 9.18. The Morgan fingerprint density at radius 2 is 0.535 bits per heavy atom. The van der Waals surface area contributed by atoms with Crippen molar-refractivity contribution in [3.05, 3.63) is 0 Å². The third-order valence-corrected chi connectivity index (χ3v) is 43.9. The maximum absolute atomic E-state index is 4.01. The maximum atomic E-state index is 4.01. The second-order valence-electron chi connectivity index (χ2n) is 55.8. The van der Waals surface area contributed by atoms with Gasteiger partial charge in [0, 0.05) is 54.4 Å². The zero-order valence-electron chi connectivity index (χ0n) is 79.6. The highest BCUT2D eigenvalue weighted by Crippen LogP contribution is 2.73. The molecule has 0 bridgehead atoms. The van der Waals surface area contributed by atoms with Gasteiger partial charge in [-0.05, 0) is 351 Å². The zero-order valence-corrected chi connectivity index (χ0v) is 79.6. The van der Waals surface area contributed by atoms with E-state index >= 15 is 0 Å². The highest BCUT2D eigenvalue weighted by Gasteiger charge is 2.71. The lowest BCUT2D eigenvalue weighted by molar-refractivity contribution is -0.159. The van der Waals surface area contributed by atoms with Crippen molar-refractivity contribution < 1.29 is 0 Å². The van der Waals surface area contributed by atoms with Gasteiger partial charge in [-0.3, -0.25) is 14.7 Å². The van der Waals surface area contributed by atoms with Crippen LogP contribution in [0.15, 0.2) is 0 Å². The zero-order chi connectivity index (χ0) is 80.0. The summed E-state index contributed by atoms with van der Waals surface area (Å²) in [7, 11) is 0. The van der Waals surface area contributed by atoms with Crippen LogP contribution in [0.1, 0.15) is 434 Å². The first-order valence-corrected chi connectivity index (χ1v) is 53.3. The number of hydrogen-bond donors (Lipinski definition) is 0. The molecular formula is C110H190BN3. The molecule has 3 nitrogen and oxygen atoms in total. The molecule has 29 unspecified atom stereocenters. The van der Waals surface area contributed by atoms with E-state index in [1.165, 1.54) is 128 Å². The third-order valence-electron chi connectivity index (χ3n) is 43.9. The van der Waals surface area contributed by atoms with Crippen LogP contribution < -0.4 is 0 Å². The fourth-order valence-corrected chi connectivity index (χ4v) is 38.0. The molecule has 29 atom stereocenters. The molecular weight excluding hydrogens is 1370 g/mol. The molecule has 0 radical (unpaired) electrons. The van der Waals surface area contributed by atoms with E-state index in [0.717, 1.165) is 226 Å². The second kappa shape index (κ2) is 32.1. The molecule has 0 aromatic carbocycles. The smallest absolute Gasteiger partial charge is 0.156 e. The van der Waals surface area contributed by atoms with Crippen LogP contribution in [-0.2, 0) is 0 Å². The van der Waals surface area contributed by atoms with Crippen molar-refractivity contribution in [2.75, 3.05) is 0 Å². The van der Waals surface area contributed by atoms with Crippen molar-refractivity contribution in [1.29, 1.82) is 0 Å². The Balaban J connectivity index is 0.834. The van der Waals surface area contributed by atoms with Crippen LogP contribution >= 0.6 is 0 Å². The van der Waals surface area contributed by atoms with Gasteiger partial charge in [0.15, 0.2) is 6.71 Å². The van der Waals surface area contributed by atoms with Gasteiger partial charge in [-0.2, -0.15) is 0 Å². The van der Waals surface area contributed by atoms with E-state index in [-0.39, 0.29) is 0 Å². The van der Waals surface area contributed by atoms with Crippen molar-refractivity contribution in [3.8, 4) is 0 Å². The quantitative estimate of drug-likeness (QED) is 0.224. The largest absolute Gasteiger partial charge is 0.295 e. The normalized spacial score (nSPS) is 47.9. The van der Waals surface area contributed by atoms with E-state index in [1.807, 2.05) is 0 Å². The Kier molecular flexibility index (Phi) is 23.9. The summed E-state index contributed by atoms with van der Waals surface area (Å²) < 4.78 is 0. The predicted octanol–water partition coefficient (Wildman–Crippen LogP) is 30.3. The van der Waals surface area contributed by atoms with Gasteiger partial charge in [0.05, 0.1) is 0 Å². The molecule has 15 aliphatic carbocycles. The van der Waals surface area contributed by atoms with E-state index in [4.69, 9.17) is 0 Å². The van der Waals surface area contributed by atoms with Crippen LogP contribution in [0.25, 0.3) is 0 Å². The second-order valence-corrected chi connectivity index (χ2v) is 55.8. The van der Waals surface area contributed by atoms with Crippen LogP contribution in [0.3, 0.4) is 0 Å². The Bertz CT molecular complexity index is 3080. The van der Waals surface area contributed by atoms with Gasteiger partial charge in [-0.15, -0.1) is 0 Å². The van der Waals surface area contributed by atoms with Gasteiger partial charge in [-0.25, -0.2) is 0 Å². The minimum Gasteiger partial charge on any atom is -0.295 e. The summed E-state index contributed by atoms with van der Waals surface area (Å²) in [6.07, 6.45) is 69.5. The van der Waals surface area contributed by atoms with Gasteiger partial charge >= 0.3 is 0 Å². The van der Waals surface area contributed by atoms with E-state index in [2.05, 4.69) is 160 Å². The van der Waals surface area contributed by atoms with Gasteiger partial charge in [0.2, 0.25) is 0 Å². The molecule has 114 heavy (non-hydrogen) atoms. The summed E-state index contributed by atoms with van der Waals surface area (Å²) >= 11 is 0. The summed E-state index contributed by atoms with van der Waals surface area (Å²) in [6, 6.07) is 7.05. The van der Waals surface area contributed by atoms with E-state index < -0.39 is 0 Å². The molecule has 0 amide bonds. The molecule has 3 aliphatic heterocycles. The first-order valence-electron chi connectivity index (χ1n) is 53.3. The van der Waals surface area contributed by atoms with Crippen molar-refractivity contribution in [2.24, 2.45) is 186 Å². The van der Waals surface area contributed by atoms with Crippen LogP contribution in [0.5, 0.6) is 0 Å². The minimum atomic E-state index is 0.297. The van der Waals surface area contributed by atoms with Gasteiger partial charge in [-0.1, -0.05) is 287 Å². The average Bonchev–Trinajstić information content (AvgIpc) is 0.763. The number of rotatable bonds is 8. The topological polar surface area (TPSA) is 9.72 Å². The molecule has 4 heteroatoms. The van der Waals surface area contributed by atoms with Gasteiger partial charge in [0.1, 0.15) is 0 Å². The monoisotopic (exact) mass is 1560 g/mol. The number of hydrogen-bond acceptors (Lipinski definition) is 3.